The second-order valence-electron chi connectivity index (χ2n) is 5.89. The first kappa shape index (κ1) is 15.2. The molecule has 2 rings (SSSR count). The third kappa shape index (κ3) is 3.68. The molecule has 0 unspecified atom stereocenters. The highest BCUT2D eigenvalue weighted by atomic mass is 19.1. The van der Waals surface area contributed by atoms with Gasteiger partial charge in [0.25, 0.3) is 0 Å². The molecule has 0 saturated heterocycles. The summed E-state index contributed by atoms with van der Waals surface area (Å²) in [4.78, 5) is 12.2. The molecule has 1 atom stereocenters. The van der Waals surface area contributed by atoms with Crippen LogP contribution in [0.3, 0.4) is 0 Å². The van der Waals surface area contributed by atoms with Gasteiger partial charge < -0.3 is 4.74 Å². The molecule has 112 valence electrons. The lowest BCUT2D eigenvalue weighted by atomic mass is 10.1. The van der Waals surface area contributed by atoms with Crippen LogP contribution in [0, 0.1) is 5.95 Å². The van der Waals surface area contributed by atoms with E-state index in [9.17, 15) is 9.18 Å². The lowest BCUT2D eigenvalue weighted by Gasteiger charge is -2.21. The van der Waals surface area contributed by atoms with Gasteiger partial charge in [-0.1, -0.05) is 30.3 Å². The monoisotopic (exact) mass is 290 g/mol. The molecule has 1 aromatic heterocycles. The van der Waals surface area contributed by atoms with Crippen LogP contribution in [0.2, 0.25) is 0 Å². The number of nitrogens with zero attached hydrogens (tertiary/aromatic N) is 2. The summed E-state index contributed by atoms with van der Waals surface area (Å²) in [7, 11) is 0. The zero-order valence-electron chi connectivity index (χ0n) is 12.6. The van der Waals surface area contributed by atoms with Gasteiger partial charge in [0, 0.05) is 6.07 Å². The number of rotatable bonds is 3. The summed E-state index contributed by atoms with van der Waals surface area (Å²) in [6.45, 7) is 7.16. The number of carbonyl (C=O) groups is 1. The average molecular weight is 290 g/mol. The Hall–Kier alpha value is -2.17. The maximum atomic E-state index is 13.5. The van der Waals surface area contributed by atoms with Crippen molar-refractivity contribution in [2.75, 3.05) is 0 Å². The average Bonchev–Trinajstić information content (AvgIpc) is 2.79. The highest BCUT2D eigenvalue weighted by Crippen LogP contribution is 2.21. The van der Waals surface area contributed by atoms with Crippen LogP contribution in [-0.4, -0.2) is 21.4 Å². The molecule has 0 aliphatic carbocycles. The molecule has 2 aromatic rings. The van der Waals surface area contributed by atoms with Gasteiger partial charge in [-0.05, 0) is 33.3 Å². The third-order valence-electron chi connectivity index (χ3n) is 2.96. The summed E-state index contributed by atoms with van der Waals surface area (Å²) in [5, 5.41) is 3.79. The number of benzene rings is 1. The zero-order valence-corrected chi connectivity index (χ0v) is 12.6. The van der Waals surface area contributed by atoms with Gasteiger partial charge in [-0.15, -0.1) is 5.10 Å². The maximum absolute atomic E-state index is 13.5. The Morgan fingerprint density at radius 2 is 1.90 bits per heavy atom. The fourth-order valence-corrected chi connectivity index (χ4v) is 2.02. The van der Waals surface area contributed by atoms with Crippen molar-refractivity contribution in [3.63, 3.8) is 0 Å². The van der Waals surface area contributed by atoms with E-state index in [4.69, 9.17) is 4.74 Å². The number of halogens is 1. The number of esters is 1. The molecule has 0 saturated carbocycles. The first-order chi connectivity index (χ1) is 9.78. The Balaban J connectivity index is 2.35. The molecule has 0 aliphatic rings. The third-order valence-corrected chi connectivity index (χ3v) is 2.96. The van der Waals surface area contributed by atoms with Crippen molar-refractivity contribution in [1.29, 1.82) is 0 Å². The van der Waals surface area contributed by atoms with Gasteiger partial charge in [-0.25, -0.2) is 9.48 Å². The van der Waals surface area contributed by atoms with Crippen molar-refractivity contribution in [2.24, 2.45) is 0 Å². The summed E-state index contributed by atoms with van der Waals surface area (Å²) >= 11 is 0. The summed E-state index contributed by atoms with van der Waals surface area (Å²) in [5.74, 6) is -1.28. The Morgan fingerprint density at radius 1 is 1.29 bits per heavy atom. The second-order valence-corrected chi connectivity index (χ2v) is 5.89. The zero-order chi connectivity index (χ0) is 15.6. The predicted molar refractivity (Wildman–Crippen MR) is 77.6 cm³/mol. The Morgan fingerprint density at radius 3 is 2.48 bits per heavy atom. The van der Waals surface area contributed by atoms with Crippen LogP contribution in [0.25, 0.3) is 0 Å². The maximum Gasteiger partial charge on any atom is 0.357 e. The van der Waals surface area contributed by atoms with Crippen LogP contribution < -0.4 is 0 Å². The quantitative estimate of drug-likeness (QED) is 0.811. The van der Waals surface area contributed by atoms with Crippen molar-refractivity contribution in [3.8, 4) is 0 Å². The summed E-state index contributed by atoms with van der Waals surface area (Å²) in [6.07, 6.45) is 0. The molecule has 1 aromatic carbocycles. The van der Waals surface area contributed by atoms with E-state index in [-0.39, 0.29) is 11.7 Å². The first-order valence-electron chi connectivity index (χ1n) is 6.81. The van der Waals surface area contributed by atoms with Gasteiger partial charge in [-0.3, -0.25) is 0 Å². The van der Waals surface area contributed by atoms with Gasteiger partial charge in [0.2, 0.25) is 5.95 Å². The van der Waals surface area contributed by atoms with Gasteiger partial charge in [0.1, 0.15) is 11.3 Å². The summed E-state index contributed by atoms with van der Waals surface area (Å²) in [6, 6.07) is 10.3. The van der Waals surface area contributed by atoms with Crippen molar-refractivity contribution >= 4 is 5.97 Å². The standard InChI is InChI=1S/C16H19FN2O2/c1-11(12-8-6-5-7-9-12)19-13(10-14(17)18-19)15(20)21-16(2,3)4/h5-11H,1-4H3/t11-/m1/s1. The second kappa shape index (κ2) is 5.68. The van der Waals surface area contributed by atoms with Crippen LogP contribution in [0.4, 0.5) is 4.39 Å². The molecule has 5 heteroatoms. The minimum absolute atomic E-state index is 0.110. The van der Waals surface area contributed by atoms with Gasteiger partial charge in [-0.2, -0.15) is 4.39 Å². The molecule has 21 heavy (non-hydrogen) atoms. The topological polar surface area (TPSA) is 44.1 Å². The number of hydrogen-bond donors (Lipinski definition) is 0. The number of aromatic nitrogens is 2. The smallest absolute Gasteiger partial charge is 0.357 e. The fraction of sp³-hybridized carbons (Fsp3) is 0.375. The predicted octanol–water partition coefficient (Wildman–Crippen LogP) is 3.59. The summed E-state index contributed by atoms with van der Waals surface area (Å²) in [5.41, 5.74) is 0.405. The van der Waals surface area contributed by atoms with Gasteiger partial charge in [0.15, 0.2) is 0 Å². The SMILES string of the molecule is C[C@H](c1ccccc1)n1nc(F)cc1C(=O)OC(C)(C)C. The molecule has 0 fully saturated rings. The molecule has 0 amide bonds. The minimum atomic E-state index is -0.696. The number of ether oxygens (including phenoxy) is 1. The van der Waals surface area contributed by atoms with E-state index in [0.717, 1.165) is 11.6 Å². The Kier molecular flexibility index (Phi) is 4.11. The lowest BCUT2D eigenvalue weighted by Crippen LogP contribution is -2.26. The van der Waals surface area contributed by atoms with E-state index in [1.165, 1.54) is 4.68 Å². The van der Waals surface area contributed by atoms with Crippen molar-refractivity contribution in [2.45, 2.75) is 39.3 Å². The minimum Gasteiger partial charge on any atom is -0.455 e. The fourth-order valence-electron chi connectivity index (χ4n) is 2.02. The van der Waals surface area contributed by atoms with Gasteiger partial charge in [0.05, 0.1) is 6.04 Å². The molecule has 0 N–H and O–H groups in total. The van der Waals surface area contributed by atoms with Crippen molar-refractivity contribution < 1.29 is 13.9 Å². The van der Waals surface area contributed by atoms with E-state index >= 15 is 0 Å². The lowest BCUT2D eigenvalue weighted by molar-refractivity contribution is 0.00549. The molecule has 0 spiro atoms. The molecule has 1 heterocycles. The van der Waals surface area contributed by atoms with Crippen LogP contribution in [0.5, 0.6) is 0 Å². The normalized spacial score (nSPS) is 13.0. The molecule has 0 bridgehead atoms. The van der Waals surface area contributed by atoms with Crippen LogP contribution in [-0.2, 0) is 4.74 Å². The molecular weight excluding hydrogens is 271 g/mol. The van der Waals surface area contributed by atoms with E-state index in [1.807, 2.05) is 37.3 Å². The van der Waals surface area contributed by atoms with Crippen LogP contribution in [0.15, 0.2) is 36.4 Å². The highest BCUT2D eigenvalue weighted by molar-refractivity contribution is 5.87. The van der Waals surface area contributed by atoms with Crippen LogP contribution >= 0.6 is 0 Å². The van der Waals surface area contributed by atoms with Crippen LogP contribution in [0.1, 0.15) is 49.8 Å². The Labute approximate surface area is 123 Å². The van der Waals surface area contributed by atoms with E-state index in [1.54, 1.807) is 20.8 Å². The molecule has 0 radical (unpaired) electrons. The van der Waals surface area contributed by atoms with Crippen molar-refractivity contribution in [1.82, 2.24) is 9.78 Å². The van der Waals surface area contributed by atoms with E-state index < -0.39 is 17.5 Å². The van der Waals surface area contributed by atoms with Gasteiger partial charge >= 0.3 is 5.97 Å². The Bertz CT molecular complexity index is 629. The first-order valence-corrected chi connectivity index (χ1v) is 6.81. The number of hydrogen-bond acceptors (Lipinski definition) is 3. The highest BCUT2D eigenvalue weighted by Gasteiger charge is 2.25. The largest absolute Gasteiger partial charge is 0.455 e. The molecular formula is C16H19FN2O2. The van der Waals surface area contributed by atoms with E-state index in [2.05, 4.69) is 5.10 Å². The van der Waals surface area contributed by atoms with E-state index in [0.29, 0.717) is 0 Å². The summed E-state index contributed by atoms with van der Waals surface area (Å²) < 4.78 is 20.2. The molecule has 0 aliphatic heterocycles. The molecule has 4 nitrogen and oxygen atoms in total. The number of carbonyl (C=O) groups excluding carboxylic acids is 1. The van der Waals surface area contributed by atoms with Crippen molar-refractivity contribution in [3.05, 3.63) is 53.6 Å².